The van der Waals surface area contributed by atoms with Crippen molar-refractivity contribution in [1.82, 2.24) is 10.2 Å². The first kappa shape index (κ1) is 24.1. The average molecular weight is 465 g/mol. The van der Waals surface area contributed by atoms with E-state index < -0.39 is 5.41 Å². The van der Waals surface area contributed by atoms with E-state index in [1.807, 2.05) is 48.2 Å². The number of piperidine rings is 1. The first-order valence-corrected chi connectivity index (χ1v) is 12.4. The molecule has 2 heterocycles. The van der Waals surface area contributed by atoms with E-state index in [-0.39, 0.29) is 18.2 Å². The molecule has 182 valence electrons. The Balaban J connectivity index is 1.47. The first-order valence-electron chi connectivity index (χ1n) is 12.4. The molecule has 6 heteroatoms. The first-order chi connectivity index (χ1) is 16.5. The number of hydrogen-bond donors (Lipinski definition) is 1. The predicted molar refractivity (Wildman–Crippen MR) is 132 cm³/mol. The largest absolute Gasteiger partial charge is 0.496 e. The maximum atomic E-state index is 13.4. The predicted octanol–water partition coefficient (Wildman–Crippen LogP) is 4.08. The van der Waals surface area contributed by atoms with Crippen LogP contribution in [0.1, 0.15) is 48.8 Å². The van der Waals surface area contributed by atoms with Crippen LogP contribution in [0.4, 0.5) is 0 Å². The van der Waals surface area contributed by atoms with Gasteiger partial charge in [-0.05, 0) is 56.7 Å². The van der Waals surface area contributed by atoms with Gasteiger partial charge in [-0.2, -0.15) is 0 Å². The van der Waals surface area contributed by atoms with Crippen molar-refractivity contribution in [2.24, 2.45) is 5.41 Å². The van der Waals surface area contributed by atoms with Gasteiger partial charge in [-0.15, -0.1) is 0 Å². The van der Waals surface area contributed by atoms with Crippen LogP contribution in [-0.2, 0) is 22.4 Å². The summed E-state index contributed by atoms with van der Waals surface area (Å²) in [6.45, 7) is 4.08. The van der Waals surface area contributed by atoms with E-state index in [4.69, 9.17) is 9.47 Å². The topological polar surface area (TPSA) is 67.9 Å². The number of aryl methyl sites for hydroxylation is 2. The zero-order chi connectivity index (χ0) is 24.0. The van der Waals surface area contributed by atoms with Crippen LogP contribution in [0.25, 0.3) is 0 Å². The normalized spacial score (nSPS) is 21.5. The number of carbonyl (C=O) groups is 2. The molecule has 0 aromatic heterocycles. The molecule has 0 aliphatic carbocycles. The van der Waals surface area contributed by atoms with Gasteiger partial charge in [0, 0.05) is 18.7 Å². The molecule has 0 saturated carbocycles. The van der Waals surface area contributed by atoms with E-state index >= 15 is 0 Å². The Morgan fingerprint density at radius 3 is 2.82 bits per heavy atom. The van der Waals surface area contributed by atoms with Gasteiger partial charge in [0.2, 0.25) is 11.8 Å². The number of carbonyl (C=O) groups excluding carboxylic acids is 2. The molecule has 1 unspecified atom stereocenters. The molecule has 1 N–H and O–H groups in total. The molecule has 1 spiro atoms. The SMILES string of the molecule is COc1ccc(C)cc1CC(=O)N1CCCC2(CCCCc3ccccc3OCCNC2=O)C1. The van der Waals surface area contributed by atoms with E-state index in [0.29, 0.717) is 26.2 Å². The number of methoxy groups -OCH3 is 1. The number of hydrogen-bond acceptors (Lipinski definition) is 4. The van der Waals surface area contributed by atoms with E-state index in [1.54, 1.807) is 7.11 Å². The second-order valence-corrected chi connectivity index (χ2v) is 9.61. The third-order valence-electron chi connectivity index (χ3n) is 7.16. The third kappa shape index (κ3) is 5.54. The monoisotopic (exact) mass is 464 g/mol. The summed E-state index contributed by atoms with van der Waals surface area (Å²) in [7, 11) is 1.63. The lowest BCUT2D eigenvalue weighted by Crippen LogP contribution is -2.54. The zero-order valence-corrected chi connectivity index (χ0v) is 20.4. The van der Waals surface area contributed by atoms with Gasteiger partial charge >= 0.3 is 0 Å². The number of nitrogens with zero attached hydrogens (tertiary/aromatic N) is 1. The Labute approximate surface area is 202 Å². The standard InChI is InChI=1S/C28H36N2O4/c1-21-11-12-24(33-2)23(18-21)19-26(31)30-16-7-14-28(20-30)13-6-5-9-22-8-3-4-10-25(22)34-17-15-29-27(28)32/h3-4,8,10-12,18H,5-7,9,13-17,19-20H2,1-2H3,(H,29,32). The van der Waals surface area contributed by atoms with Gasteiger partial charge in [-0.1, -0.05) is 42.3 Å². The molecule has 1 atom stereocenters. The molecule has 2 aromatic carbocycles. The Morgan fingerprint density at radius 2 is 1.97 bits per heavy atom. The molecule has 4 rings (SSSR count). The molecule has 2 aromatic rings. The summed E-state index contributed by atoms with van der Waals surface area (Å²) in [5, 5.41) is 3.10. The minimum absolute atomic E-state index is 0.0515. The molecule has 6 nitrogen and oxygen atoms in total. The van der Waals surface area contributed by atoms with Crippen molar-refractivity contribution in [3.05, 3.63) is 59.2 Å². The number of rotatable bonds is 3. The van der Waals surface area contributed by atoms with Crippen LogP contribution < -0.4 is 14.8 Å². The summed E-state index contributed by atoms with van der Waals surface area (Å²) in [5.74, 6) is 1.75. The van der Waals surface area contributed by atoms with Crippen molar-refractivity contribution in [3.63, 3.8) is 0 Å². The number of ether oxygens (including phenoxy) is 2. The number of para-hydroxylation sites is 1. The molecule has 2 aliphatic rings. The zero-order valence-electron chi connectivity index (χ0n) is 20.4. The fourth-order valence-electron chi connectivity index (χ4n) is 5.31. The Hall–Kier alpha value is -3.02. The van der Waals surface area contributed by atoms with Crippen LogP contribution in [0.3, 0.4) is 0 Å². The minimum Gasteiger partial charge on any atom is -0.496 e. The van der Waals surface area contributed by atoms with Crippen LogP contribution in [0, 0.1) is 12.3 Å². The number of likely N-dealkylation sites (tertiary alicyclic amines) is 1. The fraction of sp³-hybridized carbons (Fsp3) is 0.500. The van der Waals surface area contributed by atoms with Crippen molar-refractivity contribution in [3.8, 4) is 11.5 Å². The molecule has 1 saturated heterocycles. The van der Waals surface area contributed by atoms with E-state index in [0.717, 1.165) is 61.2 Å². The quantitative estimate of drug-likeness (QED) is 0.743. The van der Waals surface area contributed by atoms with Crippen LogP contribution in [0.15, 0.2) is 42.5 Å². The minimum atomic E-state index is -0.538. The summed E-state index contributed by atoms with van der Waals surface area (Å²) in [5.41, 5.74) is 2.67. The molecule has 0 radical (unpaired) electrons. The van der Waals surface area contributed by atoms with Crippen molar-refractivity contribution in [2.45, 2.75) is 51.9 Å². The molecule has 0 bridgehead atoms. The second-order valence-electron chi connectivity index (χ2n) is 9.61. The van der Waals surface area contributed by atoms with Gasteiger partial charge in [0.05, 0.1) is 25.5 Å². The highest BCUT2D eigenvalue weighted by molar-refractivity contribution is 5.85. The van der Waals surface area contributed by atoms with Crippen molar-refractivity contribution < 1.29 is 19.1 Å². The lowest BCUT2D eigenvalue weighted by Gasteiger charge is -2.42. The highest BCUT2D eigenvalue weighted by Crippen LogP contribution is 2.37. The van der Waals surface area contributed by atoms with Gasteiger partial charge in [-0.3, -0.25) is 9.59 Å². The second kappa shape index (κ2) is 10.9. The Bertz CT molecular complexity index is 1020. The van der Waals surface area contributed by atoms with Crippen molar-refractivity contribution in [1.29, 1.82) is 0 Å². The molecular weight excluding hydrogens is 428 g/mol. The van der Waals surface area contributed by atoms with Gasteiger partial charge in [0.1, 0.15) is 18.1 Å². The average Bonchev–Trinajstić information content (AvgIpc) is 2.84. The lowest BCUT2D eigenvalue weighted by molar-refractivity contribution is -0.141. The van der Waals surface area contributed by atoms with Crippen LogP contribution in [0.5, 0.6) is 11.5 Å². The number of amides is 2. The van der Waals surface area contributed by atoms with Crippen molar-refractivity contribution in [2.75, 3.05) is 33.4 Å². The highest BCUT2D eigenvalue weighted by Gasteiger charge is 2.42. The van der Waals surface area contributed by atoms with Crippen LogP contribution in [-0.4, -0.2) is 50.1 Å². The number of fused-ring (bicyclic) bond motifs is 1. The summed E-state index contributed by atoms with van der Waals surface area (Å²) >= 11 is 0. The van der Waals surface area contributed by atoms with Gasteiger partial charge < -0.3 is 19.7 Å². The molecule has 1 fully saturated rings. The molecule has 2 amide bonds. The fourth-order valence-corrected chi connectivity index (χ4v) is 5.31. The molecule has 2 aliphatic heterocycles. The van der Waals surface area contributed by atoms with Gasteiger partial charge in [0.15, 0.2) is 0 Å². The summed E-state index contributed by atoms with van der Waals surface area (Å²) in [4.78, 5) is 28.6. The number of benzene rings is 2. The summed E-state index contributed by atoms with van der Waals surface area (Å²) < 4.78 is 11.4. The maximum Gasteiger partial charge on any atom is 0.228 e. The van der Waals surface area contributed by atoms with E-state index in [1.165, 1.54) is 5.56 Å². The third-order valence-corrected chi connectivity index (χ3v) is 7.16. The molecular formula is C28H36N2O4. The van der Waals surface area contributed by atoms with E-state index in [2.05, 4.69) is 11.4 Å². The van der Waals surface area contributed by atoms with Gasteiger partial charge in [0.25, 0.3) is 0 Å². The Kier molecular flexibility index (Phi) is 7.76. The van der Waals surface area contributed by atoms with Crippen LogP contribution in [0.2, 0.25) is 0 Å². The maximum absolute atomic E-state index is 13.4. The Morgan fingerprint density at radius 1 is 1.15 bits per heavy atom. The highest BCUT2D eigenvalue weighted by atomic mass is 16.5. The summed E-state index contributed by atoms with van der Waals surface area (Å²) in [6.07, 6.45) is 5.59. The van der Waals surface area contributed by atoms with E-state index in [9.17, 15) is 9.59 Å². The van der Waals surface area contributed by atoms with Crippen molar-refractivity contribution >= 4 is 11.8 Å². The smallest absolute Gasteiger partial charge is 0.228 e. The summed E-state index contributed by atoms with van der Waals surface area (Å²) in [6, 6.07) is 14.1. The number of nitrogens with one attached hydrogen (secondary N) is 1. The molecule has 34 heavy (non-hydrogen) atoms. The van der Waals surface area contributed by atoms with Gasteiger partial charge in [-0.25, -0.2) is 0 Å². The van der Waals surface area contributed by atoms with Crippen LogP contribution >= 0.6 is 0 Å². The lowest BCUT2D eigenvalue weighted by atomic mass is 9.74.